The van der Waals surface area contributed by atoms with E-state index in [0.717, 1.165) is 5.56 Å². The van der Waals surface area contributed by atoms with Crippen LogP contribution < -0.4 is 0 Å². The largest absolute Gasteiger partial charge is 0.386 e. The molecule has 5 heteroatoms. The Hall–Kier alpha value is -1.83. The van der Waals surface area contributed by atoms with Gasteiger partial charge in [0.25, 0.3) is 0 Å². The van der Waals surface area contributed by atoms with E-state index in [2.05, 4.69) is 16.0 Å². The van der Waals surface area contributed by atoms with Crippen LogP contribution >= 0.6 is 11.6 Å². The summed E-state index contributed by atoms with van der Waals surface area (Å²) in [5, 5.41) is 16.4. The second-order valence-electron chi connectivity index (χ2n) is 6.78. The van der Waals surface area contributed by atoms with Crippen LogP contribution in [0, 0.1) is 17.8 Å². The molecule has 0 fully saturated rings. The zero-order valence-corrected chi connectivity index (χ0v) is 14.5. The average Bonchev–Trinajstić information content (AvgIpc) is 2.99. The molecule has 2 unspecified atom stereocenters. The predicted molar refractivity (Wildman–Crippen MR) is 92.1 cm³/mol. The molecule has 0 saturated heterocycles. The van der Waals surface area contributed by atoms with Gasteiger partial charge in [-0.2, -0.15) is 5.10 Å². The third kappa shape index (κ3) is 3.74. The van der Waals surface area contributed by atoms with Gasteiger partial charge in [-0.1, -0.05) is 44.5 Å². The summed E-state index contributed by atoms with van der Waals surface area (Å²) in [7, 11) is 0. The fourth-order valence-electron chi connectivity index (χ4n) is 2.74. The van der Waals surface area contributed by atoms with E-state index in [9.17, 15) is 5.11 Å². The maximum Gasteiger partial charge on any atom is 0.137 e. The van der Waals surface area contributed by atoms with E-state index >= 15 is 0 Å². The standard InChI is InChI=1S/C18H22ClN3O/c1-5-10-18(23,17(2,3)4)16(22-13-20-12-21-22)11-14-6-8-15(19)9-7-14/h1,6-9,12-13,16,23H,10-11H2,2-4H3. The molecule has 0 aliphatic rings. The predicted octanol–water partition coefficient (Wildman–Crippen LogP) is 3.52. The Labute approximate surface area is 142 Å². The molecule has 0 aliphatic heterocycles. The molecule has 1 aromatic carbocycles. The van der Waals surface area contributed by atoms with Crippen molar-refractivity contribution in [1.82, 2.24) is 14.8 Å². The minimum Gasteiger partial charge on any atom is -0.386 e. The third-order valence-corrected chi connectivity index (χ3v) is 4.57. The molecule has 0 aliphatic carbocycles. The van der Waals surface area contributed by atoms with Crippen molar-refractivity contribution in [2.24, 2.45) is 5.41 Å². The summed E-state index contributed by atoms with van der Waals surface area (Å²) in [6, 6.07) is 7.25. The first-order valence-corrected chi connectivity index (χ1v) is 7.90. The molecule has 0 bridgehead atoms. The molecule has 1 heterocycles. The van der Waals surface area contributed by atoms with Gasteiger partial charge >= 0.3 is 0 Å². The lowest BCUT2D eigenvalue weighted by Gasteiger charge is -2.45. The molecule has 4 nitrogen and oxygen atoms in total. The average molecular weight is 332 g/mol. The fourth-order valence-corrected chi connectivity index (χ4v) is 2.87. The van der Waals surface area contributed by atoms with Crippen LogP contribution in [-0.2, 0) is 6.42 Å². The van der Waals surface area contributed by atoms with Crippen molar-refractivity contribution in [3.63, 3.8) is 0 Å². The lowest BCUT2D eigenvalue weighted by Crippen LogP contribution is -2.50. The minimum absolute atomic E-state index is 0.231. The molecule has 2 rings (SSSR count). The zero-order valence-electron chi connectivity index (χ0n) is 13.7. The first-order chi connectivity index (χ1) is 10.8. The third-order valence-electron chi connectivity index (χ3n) is 4.32. The summed E-state index contributed by atoms with van der Waals surface area (Å²) < 4.78 is 1.69. The molecule has 0 amide bonds. The van der Waals surface area contributed by atoms with Crippen LogP contribution in [0.15, 0.2) is 36.9 Å². The topological polar surface area (TPSA) is 50.9 Å². The van der Waals surface area contributed by atoms with Crippen molar-refractivity contribution < 1.29 is 5.11 Å². The van der Waals surface area contributed by atoms with Gasteiger partial charge in [-0.3, -0.25) is 0 Å². The first-order valence-electron chi connectivity index (χ1n) is 7.52. The molecule has 0 spiro atoms. The highest BCUT2D eigenvalue weighted by Gasteiger charge is 2.47. The van der Waals surface area contributed by atoms with Crippen molar-refractivity contribution in [2.45, 2.75) is 45.3 Å². The second-order valence-corrected chi connectivity index (χ2v) is 7.21. The molecule has 1 aromatic heterocycles. The lowest BCUT2D eigenvalue weighted by atomic mass is 9.68. The van der Waals surface area contributed by atoms with Crippen molar-refractivity contribution >= 4 is 11.6 Å². The van der Waals surface area contributed by atoms with Crippen LogP contribution in [0.5, 0.6) is 0 Å². The molecule has 0 radical (unpaired) electrons. The summed E-state index contributed by atoms with van der Waals surface area (Å²) in [4.78, 5) is 4.02. The van der Waals surface area contributed by atoms with Crippen molar-refractivity contribution in [1.29, 1.82) is 0 Å². The van der Waals surface area contributed by atoms with Crippen molar-refractivity contribution in [3.8, 4) is 12.3 Å². The molecule has 23 heavy (non-hydrogen) atoms. The zero-order chi connectivity index (χ0) is 17.1. The van der Waals surface area contributed by atoms with Crippen LogP contribution in [-0.4, -0.2) is 25.5 Å². The Kier molecular flexibility index (Phi) is 5.13. The highest BCUT2D eigenvalue weighted by Crippen LogP contribution is 2.42. The summed E-state index contributed by atoms with van der Waals surface area (Å²) >= 11 is 5.96. The van der Waals surface area contributed by atoms with Gasteiger partial charge in [0, 0.05) is 11.4 Å². The highest BCUT2D eigenvalue weighted by molar-refractivity contribution is 6.30. The number of rotatable bonds is 5. The molecule has 122 valence electrons. The maximum atomic E-state index is 11.4. The molecule has 2 aromatic rings. The van der Waals surface area contributed by atoms with E-state index in [1.165, 1.54) is 6.33 Å². The van der Waals surface area contributed by atoms with Gasteiger partial charge in [-0.25, -0.2) is 9.67 Å². The first kappa shape index (κ1) is 17.5. The van der Waals surface area contributed by atoms with Crippen LogP contribution in [0.4, 0.5) is 0 Å². The van der Waals surface area contributed by atoms with Crippen molar-refractivity contribution in [2.75, 3.05) is 0 Å². The number of hydrogen-bond donors (Lipinski definition) is 1. The van der Waals surface area contributed by atoms with Crippen LogP contribution in [0.2, 0.25) is 5.02 Å². The van der Waals surface area contributed by atoms with Gasteiger partial charge in [0.15, 0.2) is 0 Å². The maximum absolute atomic E-state index is 11.4. The smallest absolute Gasteiger partial charge is 0.137 e. The van der Waals surface area contributed by atoms with E-state index < -0.39 is 11.0 Å². The monoisotopic (exact) mass is 331 g/mol. The number of aromatic nitrogens is 3. The molecular weight excluding hydrogens is 310 g/mol. The van der Waals surface area contributed by atoms with Crippen molar-refractivity contribution in [3.05, 3.63) is 47.5 Å². The number of aliphatic hydroxyl groups is 1. The van der Waals surface area contributed by atoms with Crippen LogP contribution in [0.3, 0.4) is 0 Å². The molecule has 0 saturated carbocycles. The number of hydrogen-bond acceptors (Lipinski definition) is 3. The molecular formula is C18H22ClN3O. The van der Waals surface area contributed by atoms with E-state index in [1.807, 2.05) is 45.0 Å². The Morgan fingerprint density at radius 1 is 1.30 bits per heavy atom. The van der Waals surface area contributed by atoms with E-state index in [0.29, 0.717) is 11.4 Å². The van der Waals surface area contributed by atoms with E-state index in [-0.39, 0.29) is 12.5 Å². The van der Waals surface area contributed by atoms with Gasteiger partial charge < -0.3 is 5.11 Å². The van der Waals surface area contributed by atoms with Crippen LogP contribution in [0.1, 0.15) is 38.8 Å². The normalized spacial score (nSPS) is 15.7. The summed E-state index contributed by atoms with van der Waals surface area (Å²) in [5.41, 5.74) is -0.507. The van der Waals surface area contributed by atoms with Gasteiger partial charge in [0.2, 0.25) is 0 Å². The van der Waals surface area contributed by atoms with E-state index in [4.69, 9.17) is 18.0 Å². The Bertz CT molecular complexity index is 668. The molecule has 1 N–H and O–H groups in total. The minimum atomic E-state index is -1.13. The number of nitrogens with zero attached hydrogens (tertiary/aromatic N) is 3. The summed E-state index contributed by atoms with van der Waals surface area (Å²) in [6.07, 6.45) is 9.44. The fraction of sp³-hybridized carbons (Fsp3) is 0.444. The Morgan fingerprint density at radius 3 is 2.43 bits per heavy atom. The summed E-state index contributed by atoms with van der Waals surface area (Å²) in [6.45, 7) is 5.95. The SMILES string of the molecule is C#CCC(O)(C(Cc1ccc(Cl)cc1)n1cncn1)C(C)(C)C. The van der Waals surface area contributed by atoms with E-state index in [1.54, 1.807) is 11.0 Å². The Morgan fingerprint density at radius 2 is 1.96 bits per heavy atom. The molecule has 2 atom stereocenters. The highest BCUT2D eigenvalue weighted by atomic mass is 35.5. The van der Waals surface area contributed by atoms with Gasteiger partial charge in [-0.05, 0) is 29.5 Å². The lowest BCUT2D eigenvalue weighted by molar-refractivity contribution is -0.0978. The van der Waals surface area contributed by atoms with Gasteiger partial charge in [-0.15, -0.1) is 12.3 Å². The number of benzene rings is 1. The van der Waals surface area contributed by atoms with Crippen LogP contribution in [0.25, 0.3) is 0 Å². The quantitative estimate of drug-likeness (QED) is 0.853. The Balaban J connectivity index is 2.45. The second kappa shape index (κ2) is 6.74. The van der Waals surface area contributed by atoms with Gasteiger partial charge in [0.1, 0.15) is 18.3 Å². The van der Waals surface area contributed by atoms with Gasteiger partial charge in [0.05, 0.1) is 6.04 Å². The number of halogens is 1. The number of terminal acetylenes is 1. The summed E-state index contributed by atoms with van der Waals surface area (Å²) in [5.74, 6) is 2.62.